The molecule has 0 aromatic heterocycles. The summed E-state index contributed by atoms with van der Waals surface area (Å²) in [4.78, 5) is 1.05. The molecule has 3 rings (SSSR count). The first-order chi connectivity index (χ1) is 11.5. The summed E-state index contributed by atoms with van der Waals surface area (Å²) in [6.45, 7) is 0.853. The Kier molecular flexibility index (Phi) is 7.34. The van der Waals surface area contributed by atoms with Gasteiger partial charge in [0, 0.05) is 9.92 Å². The summed E-state index contributed by atoms with van der Waals surface area (Å²) >= 11 is 7.68. The lowest BCUT2D eigenvalue weighted by molar-refractivity contribution is 0.477. The molecule has 3 N–H and O–H groups in total. The summed E-state index contributed by atoms with van der Waals surface area (Å²) < 4.78 is 23.5. The minimum atomic E-state index is -3.02. The minimum Gasteiger partial charge on any atom is -0.320 e. The van der Waals surface area contributed by atoms with E-state index in [1.165, 1.54) is 0 Å². The number of benzene rings is 2. The maximum Gasteiger partial charge on any atom is 0.119 e. The number of thioether (sulfide) groups is 1. The van der Waals surface area contributed by atoms with Gasteiger partial charge in [-0.25, -0.2) is 4.31 Å². The molecule has 2 aromatic rings. The van der Waals surface area contributed by atoms with Crippen LogP contribution in [0.2, 0.25) is 5.02 Å². The van der Waals surface area contributed by atoms with Gasteiger partial charge < -0.3 is 5.32 Å². The number of nitrogens with one attached hydrogen (secondary N) is 1. The standard InChI is InChI=1S/C17H21ClN2O2S2.ClH/c1-19-11-5-10-17-23-16-9-3-2-8-15(16)20(24(17,21)22)14-7-4-6-13(18)12-14;/h2-4,6-9,12,17,19,21-22H,5,10-11H2,1H3;1H. The van der Waals surface area contributed by atoms with Crippen LogP contribution in [-0.2, 0) is 0 Å². The summed E-state index contributed by atoms with van der Waals surface area (Å²) in [6.07, 6.45) is 1.61. The molecule has 8 heteroatoms. The lowest BCUT2D eigenvalue weighted by atomic mass is 10.2. The van der Waals surface area contributed by atoms with Crippen LogP contribution in [0.25, 0.3) is 0 Å². The van der Waals surface area contributed by atoms with Gasteiger partial charge in [0.05, 0.1) is 11.4 Å². The zero-order valence-corrected chi connectivity index (χ0v) is 17.0. The van der Waals surface area contributed by atoms with E-state index in [0.717, 1.165) is 30.0 Å². The Morgan fingerprint density at radius 2 is 1.96 bits per heavy atom. The van der Waals surface area contributed by atoms with Crippen LogP contribution in [0, 0.1) is 0 Å². The van der Waals surface area contributed by atoms with Crippen molar-refractivity contribution in [3.8, 4) is 0 Å². The number of halogens is 2. The molecule has 2 aromatic carbocycles. The smallest absolute Gasteiger partial charge is 0.119 e. The van der Waals surface area contributed by atoms with Crippen molar-refractivity contribution < 1.29 is 9.11 Å². The quantitative estimate of drug-likeness (QED) is 0.517. The van der Waals surface area contributed by atoms with Crippen LogP contribution in [0.5, 0.6) is 0 Å². The maximum atomic E-state index is 11.1. The topological polar surface area (TPSA) is 55.7 Å². The van der Waals surface area contributed by atoms with E-state index in [9.17, 15) is 9.11 Å². The van der Waals surface area contributed by atoms with Crippen molar-refractivity contribution in [2.24, 2.45) is 0 Å². The van der Waals surface area contributed by atoms with Gasteiger partial charge in [0.2, 0.25) is 0 Å². The highest BCUT2D eigenvalue weighted by molar-refractivity contribution is 8.34. The molecule has 0 spiro atoms. The second kappa shape index (κ2) is 8.86. The Labute approximate surface area is 165 Å². The zero-order chi connectivity index (χ0) is 17.2. The number of nitrogens with zero attached hydrogens (tertiary/aromatic N) is 1. The van der Waals surface area contributed by atoms with Crippen molar-refractivity contribution in [2.45, 2.75) is 22.3 Å². The number of anilines is 2. The van der Waals surface area contributed by atoms with Crippen LogP contribution in [-0.4, -0.2) is 27.3 Å². The van der Waals surface area contributed by atoms with Crippen LogP contribution < -0.4 is 9.62 Å². The largest absolute Gasteiger partial charge is 0.320 e. The Morgan fingerprint density at radius 3 is 2.68 bits per heavy atom. The summed E-state index contributed by atoms with van der Waals surface area (Å²) in [5, 5.41) is 3.68. The van der Waals surface area contributed by atoms with E-state index in [4.69, 9.17) is 11.6 Å². The summed E-state index contributed by atoms with van der Waals surface area (Å²) in [5.74, 6) is 0. The highest BCUT2D eigenvalue weighted by Gasteiger charge is 2.39. The second-order valence-corrected chi connectivity index (χ2v) is 9.63. The van der Waals surface area contributed by atoms with Crippen LogP contribution in [0.1, 0.15) is 12.8 Å². The van der Waals surface area contributed by atoms with Crippen molar-refractivity contribution in [3.05, 3.63) is 53.6 Å². The molecule has 1 aliphatic heterocycles. The highest BCUT2D eigenvalue weighted by atomic mass is 35.5. The first-order valence-corrected chi connectivity index (χ1v) is 10.6. The third kappa shape index (κ3) is 4.39. The molecule has 0 amide bonds. The van der Waals surface area contributed by atoms with Gasteiger partial charge in [0.15, 0.2) is 0 Å². The van der Waals surface area contributed by atoms with Gasteiger partial charge in [-0.2, -0.15) is 0 Å². The molecule has 0 aliphatic carbocycles. The molecule has 4 nitrogen and oxygen atoms in total. The number of rotatable bonds is 5. The molecule has 0 bridgehead atoms. The Balaban J connectivity index is 0.00000225. The molecule has 1 aliphatic rings. The molecule has 0 saturated carbocycles. The number of hydrogen-bond donors (Lipinski definition) is 3. The van der Waals surface area contributed by atoms with Crippen molar-refractivity contribution >= 4 is 57.9 Å². The zero-order valence-electron chi connectivity index (χ0n) is 13.8. The highest BCUT2D eigenvalue weighted by Crippen LogP contribution is 2.65. The number of para-hydroxylation sites is 1. The number of fused-ring (bicyclic) bond motifs is 1. The second-order valence-electron chi connectivity index (χ2n) is 5.60. The molecule has 138 valence electrons. The average Bonchev–Trinajstić information content (AvgIpc) is 2.55. The molecule has 1 atom stereocenters. The molecule has 25 heavy (non-hydrogen) atoms. The van der Waals surface area contributed by atoms with Crippen molar-refractivity contribution in [2.75, 3.05) is 17.9 Å². The first-order valence-electron chi connectivity index (χ1n) is 7.77. The Hall–Kier alpha value is -0.600. The normalized spacial score (nSPS) is 19.7. The average molecular weight is 421 g/mol. The van der Waals surface area contributed by atoms with Gasteiger partial charge in [-0.3, -0.25) is 9.11 Å². The van der Waals surface area contributed by atoms with Crippen molar-refractivity contribution in [3.63, 3.8) is 0 Å². The summed E-state index contributed by atoms with van der Waals surface area (Å²) in [6, 6.07) is 15.1. The molecule has 1 heterocycles. The Bertz CT molecular complexity index is 719. The van der Waals surface area contributed by atoms with Gasteiger partial charge in [-0.1, -0.05) is 41.6 Å². The van der Waals surface area contributed by atoms with E-state index in [2.05, 4.69) is 5.32 Å². The van der Waals surface area contributed by atoms with Crippen molar-refractivity contribution in [1.82, 2.24) is 5.32 Å². The van der Waals surface area contributed by atoms with Crippen LogP contribution >= 0.6 is 46.5 Å². The molecular weight excluding hydrogens is 399 g/mol. The fourth-order valence-corrected chi connectivity index (χ4v) is 6.68. The third-order valence-electron chi connectivity index (χ3n) is 3.87. The van der Waals surface area contributed by atoms with Crippen LogP contribution in [0.15, 0.2) is 53.4 Å². The summed E-state index contributed by atoms with van der Waals surface area (Å²) in [7, 11) is -1.12. The minimum absolute atomic E-state index is 0. The predicted octanol–water partition coefficient (Wildman–Crippen LogP) is 6.00. The molecule has 0 saturated heterocycles. The van der Waals surface area contributed by atoms with E-state index >= 15 is 0 Å². The fourth-order valence-electron chi connectivity index (χ4n) is 2.75. The van der Waals surface area contributed by atoms with Gasteiger partial charge in [0.25, 0.3) is 0 Å². The van der Waals surface area contributed by atoms with Gasteiger partial charge in [0.1, 0.15) is 4.58 Å². The third-order valence-corrected chi connectivity index (χ3v) is 8.16. The number of hydrogen-bond acceptors (Lipinski definition) is 5. The van der Waals surface area contributed by atoms with Gasteiger partial charge in [-0.05, 0) is 56.8 Å². The fraction of sp³-hybridized carbons (Fsp3) is 0.294. The van der Waals surface area contributed by atoms with E-state index in [0.29, 0.717) is 10.7 Å². The molecule has 0 fully saturated rings. The monoisotopic (exact) mass is 420 g/mol. The SMILES string of the molecule is CNCCCC1Sc2ccccc2N(c2cccc(Cl)c2)S1(O)O.Cl. The van der Waals surface area contributed by atoms with Crippen LogP contribution in [0.3, 0.4) is 0 Å². The Morgan fingerprint density at radius 1 is 1.20 bits per heavy atom. The maximum absolute atomic E-state index is 11.1. The van der Waals surface area contributed by atoms with E-state index in [1.54, 1.807) is 28.2 Å². The lowest BCUT2D eigenvalue weighted by Crippen LogP contribution is -2.33. The predicted molar refractivity (Wildman–Crippen MR) is 113 cm³/mol. The van der Waals surface area contributed by atoms with E-state index in [-0.39, 0.29) is 17.0 Å². The van der Waals surface area contributed by atoms with E-state index < -0.39 is 10.8 Å². The van der Waals surface area contributed by atoms with Crippen LogP contribution in [0.4, 0.5) is 11.4 Å². The lowest BCUT2D eigenvalue weighted by Gasteiger charge is -2.52. The first kappa shape index (κ1) is 20.7. The summed E-state index contributed by atoms with van der Waals surface area (Å²) in [5.41, 5.74) is 1.52. The molecular formula is C17H22Cl2N2O2S2. The molecule has 1 unspecified atom stereocenters. The molecule has 0 radical (unpaired) electrons. The van der Waals surface area contributed by atoms with E-state index in [1.807, 2.05) is 43.4 Å². The van der Waals surface area contributed by atoms with Gasteiger partial charge >= 0.3 is 0 Å². The van der Waals surface area contributed by atoms with Crippen molar-refractivity contribution in [1.29, 1.82) is 0 Å². The van der Waals surface area contributed by atoms with Gasteiger partial charge in [-0.15, -0.1) is 23.2 Å².